The Bertz CT molecular complexity index is 853. The minimum Gasteiger partial charge on any atom is -0.335 e. The molecule has 0 bridgehead atoms. The molecule has 2 aromatic carbocycles. The molecule has 0 aromatic heterocycles. The lowest BCUT2D eigenvalue weighted by Crippen LogP contribution is -2.31. The summed E-state index contributed by atoms with van der Waals surface area (Å²) in [5.41, 5.74) is 1.17. The Balaban J connectivity index is 2.28. The molecule has 2 aromatic rings. The van der Waals surface area contributed by atoms with Gasteiger partial charge < -0.3 is 4.90 Å². The summed E-state index contributed by atoms with van der Waals surface area (Å²) in [6.07, 6.45) is 0. The van der Waals surface area contributed by atoms with Gasteiger partial charge in [0.2, 0.25) is 10.0 Å². The fourth-order valence-electron chi connectivity index (χ4n) is 2.41. The molecule has 0 saturated heterocycles. The van der Waals surface area contributed by atoms with Crippen LogP contribution in [0.4, 0.5) is 0 Å². The molecule has 0 aliphatic carbocycles. The molecule has 0 heterocycles. The Hall–Kier alpha value is -1.89. The molecule has 0 unspecified atom stereocenters. The van der Waals surface area contributed by atoms with Crippen LogP contribution in [0.5, 0.6) is 0 Å². The van der Waals surface area contributed by atoms with Gasteiger partial charge in [-0.15, -0.1) is 0 Å². The second-order valence-electron chi connectivity index (χ2n) is 5.44. The van der Waals surface area contributed by atoms with Crippen LogP contribution in [-0.2, 0) is 16.6 Å². The van der Waals surface area contributed by atoms with Gasteiger partial charge in [0, 0.05) is 30.2 Å². The van der Waals surface area contributed by atoms with Gasteiger partial charge in [0.05, 0.1) is 4.90 Å². The number of benzene rings is 2. The van der Waals surface area contributed by atoms with Crippen molar-refractivity contribution < 1.29 is 13.2 Å². The quantitative estimate of drug-likeness (QED) is 0.801. The maximum Gasteiger partial charge on any atom is 0.254 e. The number of halogens is 1. The highest BCUT2D eigenvalue weighted by Crippen LogP contribution is 2.19. The zero-order valence-corrected chi connectivity index (χ0v) is 15.8. The Morgan fingerprint density at radius 1 is 1.12 bits per heavy atom. The first-order valence-electron chi connectivity index (χ1n) is 8.01. The zero-order chi connectivity index (χ0) is 18.4. The van der Waals surface area contributed by atoms with Crippen LogP contribution in [0.3, 0.4) is 0 Å². The molecule has 0 saturated carbocycles. The number of carbonyl (C=O) groups excluding carboxylic acids is 1. The number of amides is 1. The lowest BCUT2D eigenvalue weighted by atomic mass is 10.1. The number of nitrogens with zero attached hydrogens (tertiary/aromatic N) is 1. The van der Waals surface area contributed by atoms with Gasteiger partial charge in [0.15, 0.2) is 0 Å². The van der Waals surface area contributed by atoms with Crippen LogP contribution < -0.4 is 4.72 Å². The average Bonchev–Trinajstić information content (AvgIpc) is 2.60. The van der Waals surface area contributed by atoms with Crippen LogP contribution in [0.2, 0.25) is 5.02 Å². The van der Waals surface area contributed by atoms with Gasteiger partial charge in [-0.1, -0.05) is 42.8 Å². The Morgan fingerprint density at radius 2 is 1.84 bits per heavy atom. The smallest absolute Gasteiger partial charge is 0.254 e. The van der Waals surface area contributed by atoms with E-state index in [0.29, 0.717) is 23.7 Å². The molecule has 2 rings (SSSR count). The Morgan fingerprint density at radius 3 is 2.48 bits per heavy atom. The normalized spacial score (nSPS) is 11.3. The van der Waals surface area contributed by atoms with E-state index in [0.717, 1.165) is 5.56 Å². The van der Waals surface area contributed by atoms with E-state index in [1.807, 2.05) is 25.1 Å². The number of hydrogen-bond donors (Lipinski definition) is 1. The van der Waals surface area contributed by atoms with E-state index >= 15 is 0 Å². The second kappa shape index (κ2) is 8.47. The summed E-state index contributed by atoms with van der Waals surface area (Å²) in [5.74, 6) is -0.240. The van der Waals surface area contributed by atoms with Crippen molar-refractivity contribution >= 4 is 27.5 Å². The fraction of sp³-hybridized carbons (Fsp3) is 0.278. The molecule has 1 N–H and O–H groups in total. The molecule has 7 heteroatoms. The predicted molar refractivity (Wildman–Crippen MR) is 99.2 cm³/mol. The molecule has 0 radical (unpaired) electrons. The summed E-state index contributed by atoms with van der Waals surface area (Å²) >= 11 is 6.17. The number of nitrogens with one attached hydrogen (secondary N) is 1. The maximum absolute atomic E-state index is 12.8. The third-order valence-corrected chi connectivity index (χ3v) is 5.63. The molecule has 5 nitrogen and oxygen atoms in total. The van der Waals surface area contributed by atoms with Gasteiger partial charge in [-0.05, 0) is 36.8 Å². The summed E-state index contributed by atoms with van der Waals surface area (Å²) < 4.78 is 26.7. The molecular formula is C18H21ClN2O3S. The van der Waals surface area contributed by atoms with E-state index in [2.05, 4.69) is 4.72 Å². The van der Waals surface area contributed by atoms with Gasteiger partial charge in [-0.3, -0.25) is 4.79 Å². The highest BCUT2D eigenvalue weighted by atomic mass is 35.5. The minimum atomic E-state index is -3.61. The average molecular weight is 381 g/mol. The second-order valence-corrected chi connectivity index (χ2v) is 7.61. The molecule has 1 amide bonds. The molecule has 0 aliphatic rings. The van der Waals surface area contributed by atoms with Crippen LogP contribution in [-0.4, -0.2) is 32.3 Å². The van der Waals surface area contributed by atoms with Crippen molar-refractivity contribution in [2.45, 2.75) is 25.3 Å². The molecular weight excluding hydrogens is 360 g/mol. The Kier molecular flexibility index (Phi) is 6.58. The number of rotatable bonds is 7. The molecule has 25 heavy (non-hydrogen) atoms. The predicted octanol–water partition coefficient (Wildman–Crippen LogP) is 3.30. The summed E-state index contributed by atoms with van der Waals surface area (Å²) in [6.45, 7) is 4.70. The third-order valence-electron chi connectivity index (χ3n) is 3.71. The minimum absolute atomic E-state index is 0.0778. The summed E-state index contributed by atoms with van der Waals surface area (Å²) in [5, 5.41) is 0.595. The van der Waals surface area contributed by atoms with Crippen LogP contribution in [0, 0.1) is 0 Å². The van der Waals surface area contributed by atoms with Crippen molar-refractivity contribution in [3.05, 3.63) is 64.7 Å². The van der Waals surface area contributed by atoms with Crippen LogP contribution in [0.25, 0.3) is 0 Å². The standard InChI is InChI=1S/C18H21ClN2O3S/c1-3-20-25(23,24)16-10-7-9-14(12-16)18(22)21(4-2)13-15-8-5-6-11-17(15)19/h5-12,20H,3-4,13H2,1-2H3. The first-order chi connectivity index (χ1) is 11.9. The van der Waals surface area contributed by atoms with Crippen molar-refractivity contribution in [1.82, 2.24) is 9.62 Å². The maximum atomic E-state index is 12.8. The zero-order valence-electron chi connectivity index (χ0n) is 14.2. The summed E-state index contributed by atoms with van der Waals surface area (Å²) in [4.78, 5) is 14.5. The number of carbonyl (C=O) groups is 1. The van der Waals surface area contributed by atoms with E-state index in [-0.39, 0.29) is 17.3 Å². The van der Waals surface area contributed by atoms with Gasteiger partial charge in [0.25, 0.3) is 5.91 Å². The van der Waals surface area contributed by atoms with Crippen molar-refractivity contribution in [1.29, 1.82) is 0 Å². The lowest BCUT2D eigenvalue weighted by Gasteiger charge is -2.22. The molecule has 0 fully saturated rings. The van der Waals surface area contributed by atoms with Crippen molar-refractivity contribution in [3.63, 3.8) is 0 Å². The summed E-state index contributed by atoms with van der Waals surface area (Å²) in [7, 11) is -3.61. The van der Waals surface area contributed by atoms with Gasteiger partial charge >= 0.3 is 0 Å². The van der Waals surface area contributed by atoms with Crippen molar-refractivity contribution in [2.24, 2.45) is 0 Å². The van der Waals surface area contributed by atoms with E-state index in [4.69, 9.17) is 11.6 Å². The van der Waals surface area contributed by atoms with Crippen molar-refractivity contribution in [2.75, 3.05) is 13.1 Å². The van der Waals surface area contributed by atoms with Gasteiger partial charge in [-0.2, -0.15) is 0 Å². The lowest BCUT2D eigenvalue weighted by molar-refractivity contribution is 0.0752. The van der Waals surface area contributed by atoms with E-state index < -0.39 is 10.0 Å². The molecule has 0 aliphatic heterocycles. The van der Waals surface area contributed by atoms with Gasteiger partial charge in [0.1, 0.15) is 0 Å². The molecule has 134 valence electrons. The fourth-order valence-corrected chi connectivity index (χ4v) is 3.69. The van der Waals surface area contributed by atoms with Crippen LogP contribution in [0.15, 0.2) is 53.4 Å². The molecule has 0 atom stereocenters. The van der Waals surface area contributed by atoms with Crippen LogP contribution in [0.1, 0.15) is 29.8 Å². The first kappa shape index (κ1) is 19.4. The SMILES string of the molecule is CCNS(=O)(=O)c1cccc(C(=O)N(CC)Cc2ccccc2Cl)c1. The van der Waals surface area contributed by atoms with Gasteiger partial charge in [-0.25, -0.2) is 13.1 Å². The topological polar surface area (TPSA) is 66.5 Å². The number of hydrogen-bond acceptors (Lipinski definition) is 3. The van der Waals surface area contributed by atoms with E-state index in [1.54, 1.807) is 30.0 Å². The highest BCUT2D eigenvalue weighted by molar-refractivity contribution is 7.89. The molecule has 0 spiro atoms. The van der Waals surface area contributed by atoms with E-state index in [9.17, 15) is 13.2 Å². The highest BCUT2D eigenvalue weighted by Gasteiger charge is 2.19. The number of sulfonamides is 1. The third kappa shape index (κ3) is 4.81. The van der Waals surface area contributed by atoms with Crippen LogP contribution >= 0.6 is 11.6 Å². The van der Waals surface area contributed by atoms with Crippen molar-refractivity contribution in [3.8, 4) is 0 Å². The Labute approximate surface area is 153 Å². The van der Waals surface area contributed by atoms with E-state index in [1.165, 1.54) is 12.1 Å². The first-order valence-corrected chi connectivity index (χ1v) is 9.87. The largest absolute Gasteiger partial charge is 0.335 e. The summed E-state index contributed by atoms with van der Waals surface area (Å²) in [6, 6.07) is 13.4. The monoisotopic (exact) mass is 380 g/mol.